The lowest BCUT2D eigenvalue weighted by atomic mass is 10.4. The van der Waals surface area contributed by atoms with E-state index < -0.39 is 0 Å². The number of aromatic nitrogens is 3. The van der Waals surface area contributed by atoms with Gasteiger partial charge in [0.15, 0.2) is 5.65 Å². The number of pyridine rings is 1. The van der Waals surface area contributed by atoms with Crippen LogP contribution in [0.25, 0.3) is 5.65 Å². The van der Waals surface area contributed by atoms with Crippen LogP contribution in [0.4, 0.5) is 5.95 Å². The smallest absolute Gasteiger partial charge is 0.243 e. The first-order valence-electron chi connectivity index (χ1n) is 5.33. The summed E-state index contributed by atoms with van der Waals surface area (Å²) in [6.07, 6.45) is 1.23. The van der Waals surface area contributed by atoms with Gasteiger partial charge in [-0.1, -0.05) is 13.0 Å². The Hall–Kier alpha value is -1.58. The highest BCUT2D eigenvalue weighted by atomic mass is 15.4. The Morgan fingerprint density at radius 2 is 2.27 bits per heavy atom. The Labute approximate surface area is 88.3 Å². The van der Waals surface area contributed by atoms with Gasteiger partial charge in [-0.25, -0.2) is 4.52 Å². The molecule has 0 spiro atoms. The highest BCUT2D eigenvalue weighted by molar-refractivity contribution is 5.45. The standard InChI is InChI=1S/C11H14N4/c1-7-6-9(7)12-11-13-10-5-3-4-8(2)15(10)14-11/h3-5,7,9H,6H2,1-2H3,(H,12,14). The molecular formula is C11H14N4. The fourth-order valence-electron chi connectivity index (χ4n) is 1.79. The zero-order chi connectivity index (χ0) is 10.4. The van der Waals surface area contributed by atoms with Crippen molar-refractivity contribution in [3.05, 3.63) is 23.9 Å². The van der Waals surface area contributed by atoms with E-state index in [4.69, 9.17) is 0 Å². The molecule has 1 aliphatic rings. The number of hydrogen-bond acceptors (Lipinski definition) is 3. The van der Waals surface area contributed by atoms with Crippen molar-refractivity contribution >= 4 is 11.6 Å². The molecule has 1 saturated carbocycles. The second kappa shape index (κ2) is 2.95. The van der Waals surface area contributed by atoms with Crippen molar-refractivity contribution < 1.29 is 0 Å². The molecule has 2 unspecified atom stereocenters. The van der Waals surface area contributed by atoms with E-state index in [1.54, 1.807) is 0 Å². The molecule has 2 aromatic rings. The first-order valence-corrected chi connectivity index (χ1v) is 5.33. The average Bonchev–Trinajstić information content (AvgIpc) is 2.75. The molecule has 0 bridgehead atoms. The first-order chi connectivity index (χ1) is 7.24. The van der Waals surface area contributed by atoms with Gasteiger partial charge in [0.1, 0.15) is 0 Å². The Balaban J connectivity index is 1.96. The molecule has 2 heterocycles. The maximum Gasteiger partial charge on any atom is 0.243 e. The zero-order valence-corrected chi connectivity index (χ0v) is 8.94. The summed E-state index contributed by atoms with van der Waals surface area (Å²) >= 11 is 0. The van der Waals surface area contributed by atoms with Crippen LogP contribution in [-0.2, 0) is 0 Å². The summed E-state index contributed by atoms with van der Waals surface area (Å²) in [7, 11) is 0. The quantitative estimate of drug-likeness (QED) is 0.808. The number of hydrogen-bond donors (Lipinski definition) is 1. The predicted octanol–water partition coefficient (Wildman–Crippen LogP) is 1.86. The molecule has 0 radical (unpaired) electrons. The van der Waals surface area contributed by atoms with Crippen LogP contribution < -0.4 is 5.32 Å². The third-order valence-electron chi connectivity index (χ3n) is 2.97. The summed E-state index contributed by atoms with van der Waals surface area (Å²) in [5.74, 6) is 1.51. The molecule has 78 valence electrons. The zero-order valence-electron chi connectivity index (χ0n) is 8.94. The van der Waals surface area contributed by atoms with E-state index in [0.717, 1.165) is 23.2 Å². The van der Waals surface area contributed by atoms with Crippen LogP contribution in [0.15, 0.2) is 18.2 Å². The van der Waals surface area contributed by atoms with Gasteiger partial charge in [0.05, 0.1) is 0 Å². The normalized spacial score (nSPS) is 24.4. The van der Waals surface area contributed by atoms with Gasteiger partial charge in [-0.2, -0.15) is 4.98 Å². The molecule has 2 aromatic heterocycles. The molecule has 1 aliphatic carbocycles. The van der Waals surface area contributed by atoms with Crippen LogP contribution in [0.2, 0.25) is 0 Å². The van der Waals surface area contributed by atoms with Gasteiger partial charge < -0.3 is 5.32 Å². The molecule has 4 nitrogen and oxygen atoms in total. The molecule has 15 heavy (non-hydrogen) atoms. The SMILES string of the molecule is Cc1cccc2nc(NC3CC3C)nn12. The summed E-state index contributed by atoms with van der Waals surface area (Å²) in [5, 5.41) is 7.76. The Bertz CT molecular complexity index is 502. The van der Waals surface area contributed by atoms with E-state index in [9.17, 15) is 0 Å². The van der Waals surface area contributed by atoms with E-state index in [2.05, 4.69) is 22.3 Å². The lowest BCUT2D eigenvalue weighted by Gasteiger charge is -1.96. The Morgan fingerprint density at radius 1 is 1.47 bits per heavy atom. The van der Waals surface area contributed by atoms with Crippen molar-refractivity contribution in [3.63, 3.8) is 0 Å². The van der Waals surface area contributed by atoms with Gasteiger partial charge >= 0.3 is 0 Å². The van der Waals surface area contributed by atoms with E-state index in [0.29, 0.717) is 6.04 Å². The van der Waals surface area contributed by atoms with E-state index in [1.165, 1.54) is 6.42 Å². The average molecular weight is 202 g/mol. The van der Waals surface area contributed by atoms with E-state index in [-0.39, 0.29) is 0 Å². The maximum absolute atomic E-state index is 4.43. The Kier molecular flexibility index (Phi) is 1.71. The molecule has 2 atom stereocenters. The minimum atomic E-state index is 0.572. The molecular weight excluding hydrogens is 188 g/mol. The molecule has 0 amide bonds. The number of nitrogens with zero attached hydrogens (tertiary/aromatic N) is 3. The van der Waals surface area contributed by atoms with Crippen LogP contribution in [-0.4, -0.2) is 20.6 Å². The fraction of sp³-hybridized carbons (Fsp3) is 0.455. The van der Waals surface area contributed by atoms with E-state index in [1.807, 2.05) is 29.6 Å². The summed E-state index contributed by atoms with van der Waals surface area (Å²) < 4.78 is 1.87. The molecule has 3 rings (SSSR count). The monoisotopic (exact) mass is 202 g/mol. The fourth-order valence-corrected chi connectivity index (χ4v) is 1.79. The Morgan fingerprint density at radius 3 is 2.93 bits per heavy atom. The molecule has 1 fully saturated rings. The predicted molar refractivity (Wildman–Crippen MR) is 58.9 cm³/mol. The van der Waals surface area contributed by atoms with Crippen LogP contribution in [0.3, 0.4) is 0 Å². The molecule has 0 aliphatic heterocycles. The minimum absolute atomic E-state index is 0.572. The molecule has 1 N–H and O–H groups in total. The first kappa shape index (κ1) is 8.71. The highest BCUT2D eigenvalue weighted by Gasteiger charge is 2.33. The van der Waals surface area contributed by atoms with Crippen LogP contribution in [0, 0.1) is 12.8 Å². The van der Waals surface area contributed by atoms with Gasteiger partial charge in [-0.15, -0.1) is 5.10 Å². The number of nitrogens with one attached hydrogen (secondary N) is 1. The van der Waals surface area contributed by atoms with Crippen LogP contribution in [0.1, 0.15) is 19.0 Å². The van der Waals surface area contributed by atoms with Gasteiger partial charge in [0, 0.05) is 11.7 Å². The van der Waals surface area contributed by atoms with Crippen LogP contribution in [0.5, 0.6) is 0 Å². The number of aryl methyl sites for hydroxylation is 1. The number of rotatable bonds is 2. The summed E-state index contributed by atoms with van der Waals surface area (Å²) in [6.45, 7) is 4.27. The van der Waals surface area contributed by atoms with E-state index >= 15 is 0 Å². The van der Waals surface area contributed by atoms with Crippen molar-refractivity contribution in [3.8, 4) is 0 Å². The summed E-state index contributed by atoms with van der Waals surface area (Å²) in [5.41, 5.74) is 2.02. The summed E-state index contributed by atoms with van der Waals surface area (Å²) in [4.78, 5) is 4.43. The largest absolute Gasteiger partial charge is 0.350 e. The molecule has 0 saturated heterocycles. The van der Waals surface area contributed by atoms with Crippen molar-refractivity contribution in [1.29, 1.82) is 0 Å². The third kappa shape index (κ3) is 1.46. The van der Waals surface area contributed by atoms with Crippen molar-refractivity contribution in [1.82, 2.24) is 14.6 Å². The lowest BCUT2D eigenvalue weighted by Crippen LogP contribution is -2.05. The van der Waals surface area contributed by atoms with Crippen molar-refractivity contribution in [2.24, 2.45) is 5.92 Å². The number of fused-ring (bicyclic) bond motifs is 1. The van der Waals surface area contributed by atoms with Crippen molar-refractivity contribution in [2.75, 3.05) is 5.32 Å². The number of anilines is 1. The van der Waals surface area contributed by atoms with Crippen LogP contribution >= 0.6 is 0 Å². The summed E-state index contributed by atoms with van der Waals surface area (Å²) in [6, 6.07) is 6.58. The molecule has 4 heteroatoms. The van der Waals surface area contributed by atoms with Gasteiger partial charge in [0.2, 0.25) is 5.95 Å². The van der Waals surface area contributed by atoms with Gasteiger partial charge in [0.25, 0.3) is 0 Å². The topological polar surface area (TPSA) is 42.2 Å². The van der Waals surface area contributed by atoms with Crippen molar-refractivity contribution in [2.45, 2.75) is 26.3 Å². The molecule has 0 aromatic carbocycles. The second-order valence-electron chi connectivity index (χ2n) is 4.34. The maximum atomic E-state index is 4.43. The second-order valence-corrected chi connectivity index (χ2v) is 4.34. The minimum Gasteiger partial charge on any atom is -0.350 e. The highest BCUT2D eigenvalue weighted by Crippen LogP contribution is 2.31. The lowest BCUT2D eigenvalue weighted by molar-refractivity contribution is 0.887. The van der Waals surface area contributed by atoms with Gasteiger partial charge in [-0.3, -0.25) is 0 Å². The third-order valence-corrected chi connectivity index (χ3v) is 2.97. The van der Waals surface area contributed by atoms with Gasteiger partial charge in [-0.05, 0) is 31.4 Å².